The molecule has 0 bridgehead atoms. The second kappa shape index (κ2) is 10.6. The SMILES string of the molecule is O=C(/C=C(\CCCO)NCCN1CCCCC1)c1ccc(Br)cc1. The highest BCUT2D eigenvalue weighted by Crippen LogP contribution is 2.13. The molecular formula is C19H27BrN2O2. The van der Waals surface area contributed by atoms with Gasteiger partial charge in [-0.05, 0) is 63.0 Å². The van der Waals surface area contributed by atoms with Gasteiger partial charge >= 0.3 is 0 Å². The van der Waals surface area contributed by atoms with Gasteiger partial charge in [-0.1, -0.05) is 22.4 Å². The molecule has 2 N–H and O–H groups in total. The molecule has 132 valence electrons. The second-order valence-corrected chi connectivity index (χ2v) is 7.11. The Labute approximate surface area is 153 Å². The number of hydrogen-bond donors (Lipinski definition) is 2. The van der Waals surface area contributed by atoms with Gasteiger partial charge in [-0.3, -0.25) is 4.79 Å². The number of aliphatic hydroxyl groups excluding tert-OH is 1. The molecule has 5 heteroatoms. The van der Waals surface area contributed by atoms with Gasteiger partial charge in [0.05, 0.1) is 0 Å². The minimum Gasteiger partial charge on any atom is -0.396 e. The van der Waals surface area contributed by atoms with Crippen LogP contribution in [0, 0.1) is 0 Å². The lowest BCUT2D eigenvalue weighted by Crippen LogP contribution is -2.35. The van der Waals surface area contributed by atoms with Crippen LogP contribution in [0.4, 0.5) is 0 Å². The van der Waals surface area contributed by atoms with Gasteiger partial charge in [-0.25, -0.2) is 0 Å². The number of nitrogens with zero attached hydrogens (tertiary/aromatic N) is 1. The molecule has 2 rings (SSSR count). The van der Waals surface area contributed by atoms with Crippen molar-refractivity contribution in [3.05, 3.63) is 46.1 Å². The molecule has 1 aromatic carbocycles. The van der Waals surface area contributed by atoms with Crippen molar-refractivity contribution in [3.63, 3.8) is 0 Å². The fourth-order valence-corrected chi connectivity index (χ4v) is 3.16. The first-order valence-corrected chi connectivity index (χ1v) is 9.56. The van der Waals surface area contributed by atoms with Gasteiger partial charge < -0.3 is 15.3 Å². The van der Waals surface area contributed by atoms with E-state index < -0.39 is 0 Å². The highest BCUT2D eigenvalue weighted by atomic mass is 79.9. The van der Waals surface area contributed by atoms with Gasteiger partial charge in [-0.15, -0.1) is 0 Å². The van der Waals surface area contributed by atoms with Crippen molar-refractivity contribution >= 4 is 21.7 Å². The molecular weight excluding hydrogens is 368 g/mol. The zero-order valence-corrected chi connectivity index (χ0v) is 15.7. The van der Waals surface area contributed by atoms with Crippen molar-refractivity contribution in [1.29, 1.82) is 0 Å². The van der Waals surface area contributed by atoms with Crippen LogP contribution in [0.1, 0.15) is 42.5 Å². The second-order valence-electron chi connectivity index (χ2n) is 6.20. The van der Waals surface area contributed by atoms with E-state index in [-0.39, 0.29) is 12.4 Å². The summed E-state index contributed by atoms with van der Waals surface area (Å²) in [5.74, 6) is 0.000845. The van der Waals surface area contributed by atoms with E-state index in [0.29, 0.717) is 18.4 Å². The summed E-state index contributed by atoms with van der Waals surface area (Å²) in [6.07, 6.45) is 6.95. The average Bonchev–Trinajstić information content (AvgIpc) is 2.61. The predicted molar refractivity (Wildman–Crippen MR) is 101 cm³/mol. The van der Waals surface area contributed by atoms with Gasteiger partial charge in [0.2, 0.25) is 0 Å². The first-order chi connectivity index (χ1) is 11.7. The van der Waals surface area contributed by atoms with Gasteiger partial charge in [0.15, 0.2) is 5.78 Å². The third kappa shape index (κ3) is 6.75. The Morgan fingerprint density at radius 1 is 1.21 bits per heavy atom. The molecule has 0 saturated carbocycles. The summed E-state index contributed by atoms with van der Waals surface area (Å²) < 4.78 is 0.961. The topological polar surface area (TPSA) is 52.6 Å². The number of hydrogen-bond acceptors (Lipinski definition) is 4. The van der Waals surface area contributed by atoms with E-state index in [1.54, 1.807) is 6.08 Å². The van der Waals surface area contributed by atoms with Crippen LogP contribution in [0.5, 0.6) is 0 Å². The van der Waals surface area contributed by atoms with Gasteiger partial charge in [0, 0.05) is 41.5 Å². The molecule has 1 aliphatic heterocycles. The fraction of sp³-hybridized carbons (Fsp3) is 0.526. The molecule has 0 amide bonds. The van der Waals surface area contributed by atoms with Crippen LogP contribution < -0.4 is 5.32 Å². The van der Waals surface area contributed by atoms with Crippen LogP contribution in [-0.2, 0) is 0 Å². The van der Waals surface area contributed by atoms with Crippen LogP contribution in [0.15, 0.2) is 40.5 Å². The maximum atomic E-state index is 12.4. The normalized spacial score (nSPS) is 16.2. The lowest BCUT2D eigenvalue weighted by molar-refractivity contribution is 0.104. The van der Waals surface area contributed by atoms with E-state index in [1.807, 2.05) is 24.3 Å². The van der Waals surface area contributed by atoms with E-state index in [4.69, 9.17) is 5.11 Å². The van der Waals surface area contributed by atoms with Crippen molar-refractivity contribution in [3.8, 4) is 0 Å². The molecule has 1 heterocycles. The van der Waals surface area contributed by atoms with Gasteiger partial charge in [0.25, 0.3) is 0 Å². The number of carbonyl (C=O) groups excluding carboxylic acids is 1. The number of aliphatic hydroxyl groups is 1. The van der Waals surface area contributed by atoms with E-state index in [2.05, 4.69) is 26.1 Å². The number of likely N-dealkylation sites (tertiary alicyclic amines) is 1. The van der Waals surface area contributed by atoms with Crippen molar-refractivity contribution in [2.24, 2.45) is 0 Å². The van der Waals surface area contributed by atoms with Crippen LogP contribution >= 0.6 is 15.9 Å². The Bertz CT molecular complexity index is 537. The average molecular weight is 395 g/mol. The summed E-state index contributed by atoms with van der Waals surface area (Å²) >= 11 is 3.38. The van der Waals surface area contributed by atoms with Crippen LogP contribution in [0.25, 0.3) is 0 Å². The van der Waals surface area contributed by atoms with Gasteiger partial charge in [-0.2, -0.15) is 0 Å². The summed E-state index contributed by atoms with van der Waals surface area (Å²) in [5.41, 5.74) is 1.59. The highest BCUT2D eigenvalue weighted by Gasteiger charge is 2.10. The number of halogens is 1. The number of piperidine rings is 1. The van der Waals surface area contributed by atoms with Crippen molar-refractivity contribution in [1.82, 2.24) is 10.2 Å². The molecule has 0 aromatic heterocycles. The Hall–Kier alpha value is -1.17. The van der Waals surface area contributed by atoms with Crippen LogP contribution in [0.2, 0.25) is 0 Å². The maximum absolute atomic E-state index is 12.4. The Balaban J connectivity index is 1.90. The molecule has 4 nitrogen and oxygen atoms in total. The first-order valence-electron chi connectivity index (χ1n) is 8.76. The third-order valence-corrected chi connectivity index (χ3v) is 4.80. The minimum absolute atomic E-state index is 0.000845. The Morgan fingerprint density at radius 2 is 1.92 bits per heavy atom. The summed E-state index contributed by atoms with van der Waals surface area (Å²) in [6.45, 7) is 4.33. The zero-order chi connectivity index (χ0) is 17.2. The van der Waals surface area contributed by atoms with Crippen LogP contribution in [0.3, 0.4) is 0 Å². The van der Waals surface area contributed by atoms with Crippen molar-refractivity contribution < 1.29 is 9.90 Å². The quantitative estimate of drug-likeness (QED) is 0.497. The minimum atomic E-state index is 0.000845. The van der Waals surface area contributed by atoms with E-state index >= 15 is 0 Å². The highest BCUT2D eigenvalue weighted by molar-refractivity contribution is 9.10. The lowest BCUT2D eigenvalue weighted by atomic mass is 10.1. The van der Waals surface area contributed by atoms with E-state index in [0.717, 1.165) is 23.3 Å². The standard InChI is InChI=1S/C19H27BrN2O2/c20-17-8-6-16(7-9-17)19(24)15-18(5-4-14-23)21-10-13-22-11-2-1-3-12-22/h6-9,15,21,23H,1-5,10-14H2/b18-15+. The summed E-state index contributed by atoms with van der Waals surface area (Å²) in [7, 11) is 0. The molecule has 0 radical (unpaired) electrons. The largest absolute Gasteiger partial charge is 0.396 e. The summed E-state index contributed by atoms with van der Waals surface area (Å²) in [4.78, 5) is 14.9. The molecule has 1 aromatic rings. The maximum Gasteiger partial charge on any atom is 0.187 e. The van der Waals surface area contributed by atoms with Crippen molar-refractivity contribution in [2.45, 2.75) is 32.1 Å². The van der Waals surface area contributed by atoms with E-state index in [9.17, 15) is 4.79 Å². The smallest absolute Gasteiger partial charge is 0.187 e. The lowest BCUT2D eigenvalue weighted by Gasteiger charge is -2.26. The molecule has 1 aliphatic rings. The predicted octanol–water partition coefficient (Wildman–Crippen LogP) is 3.36. The zero-order valence-electron chi connectivity index (χ0n) is 14.1. The molecule has 24 heavy (non-hydrogen) atoms. The number of carbonyl (C=O) groups is 1. The monoisotopic (exact) mass is 394 g/mol. The molecule has 1 fully saturated rings. The summed E-state index contributed by atoms with van der Waals surface area (Å²) in [6, 6.07) is 7.39. The van der Waals surface area contributed by atoms with Gasteiger partial charge in [0.1, 0.15) is 0 Å². The van der Waals surface area contributed by atoms with Crippen molar-refractivity contribution in [2.75, 3.05) is 32.8 Å². The number of benzene rings is 1. The Morgan fingerprint density at radius 3 is 2.58 bits per heavy atom. The summed E-state index contributed by atoms with van der Waals surface area (Å²) in [5, 5.41) is 12.5. The number of allylic oxidation sites excluding steroid dienone is 2. The number of rotatable bonds is 9. The van der Waals surface area contributed by atoms with Crippen LogP contribution in [-0.4, -0.2) is 48.6 Å². The number of nitrogens with one attached hydrogen (secondary N) is 1. The molecule has 0 spiro atoms. The van der Waals surface area contributed by atoms with E-state index in [1.165, 1.54) is 32.4 Å². The molecule has 1 saturated heterocycles. The number of ketones is 1. The fourth-order valence-electron chi connectivity index (χ4n) is 2.89. The molecule has 0 unspecified atom stereocenters. The molecule has 0 atom stereocenters. The first kappa shape index (κ1) is 19.2. The Kier molecular flexibility index (Phi) is 8.50. The third-order valence-electron chi connectivity index (χ3n) is 4.27. The molecule has 0 aliphatic carbocycles.